The second kappa shape index (κ2) is 6.01. The zero-order valence-electron chi connectivity index (χ0n) is 7.31. The second-order valence-corrected chi connectivity index (χ2v) is 3.59. The van der Waals surface area contributed by atoms with Crippen LogP contribution in [0.3, 0.4) is 0 Å². The molecule has 0 bridgehead atoms. The first kappa shape index (κ1) is 13.4. The highest BCUT2D eigenvalue weighted by molar-refractivity contribution is 9.10. The van der Waals surface area contributed by atoms with Crippen molar-refractivity contribution in [3.05, 3.63) is 34.3 Å². The van der Waals surface area contributed by atoms with E-state index in [-0.39, 0.29) is 12.4 Å². The molecule has 1 atom stereocenters. The van der Waals surface area contributed by atoms with Crippen molar-refractivity contribution in [1.29, 1.82) is 0 Å². The van der Waals surface area contributed by atoms with Gasteiger partial charge in [-0.2, -0.15) is 0 Å². The lowest BCUT2D eigenvalue weighted by molar-refractivity contribution is -0.138. The highest BCUT2D eigenvalue weighted by atomic mass is 79.9. The molecule has 0 aliphatic heterocycles. The van der Waals surface area contributed by atoms with Crippen LogP contribution in [0.5, 0.6) is 0 Å². The van der Waals surface area contributed by atoms with Crippen molar-refractivity contribution >= 4 is 34.3 Å². The van der Waals surface area contributed by atoms with Crippen molar-refractivity contribution in [3.63, 3.8) is 0 Å². The van der Waals surface area contributed by atoms with Gasteiger partial charge >= 0.3 is 5.97 Å². The molecule has 14 heavy (non-hydrogen) atoms. The van der Waals surface area contributed by atoms with Crippen LogP contribution >= 0.6 is 28.3 Å². The number of halogens is 2. The molecule has 3 nitrogen and oxygen atoms in total. The third-order valence-corrected chi connectivity index (χ3v) is 2.49. The van der Waals surface area contributed by atoms with Gasteiger partial charge in [0.2, 0.25) is 0 Å². The van der Waals surface area contributed by atoms with Gasteiger partial charge in [-0.25, -0.2) is 0 Å². The first-order valence-corrected chi connectivity index (χ1v) is 4.62. The van der Waals surface area contributed by atoms with Gasteiger partial charge in [0.15, 0.2) is 0 Å². The molecule has 0 amide bonds. The minimum absolute atomic E-state index is 0. The van der Waals surface area contributed by atoms with Gasteiger partial charge in [0.05, 0.1) is 0 Å². The third-order valence-electron chi connectivity index (χ3n) is 1.71. The number of aliphatic carboxylic acids is 1. The predicted octanol–water partition coefficient (Wildman–Crippen LogP) is 1.83. The largest absolute Gasteiger partial charge is 0.480 e. The Kier molecular flexibility index (Phi) is 5.76. The Morgan fingerprint density at radius 2 is 2.07 bits per heavy atom. The summed E-state index contributed by atoms with van der Waals surface area (Å²) in [5.74, 6) is -0.976. The van der Waals surface area contributed by atoms with Gasteiger partial charge < -0.3 is 10.8 Å². The van der Waals surface area contributed by atoms with E-state index in [0.29, 0.717) is 6.42 Å². The number of hydrogen-bond donors (Lipinski definition) is 2. The normalized spacial score (nSPS) is 11.6. The molecule has 0 radical (unpaired) electrons. The van der Waals surface area contributed by atoms with Gasteiger partial charge in [-0.05, 0) is 18.1 Å². The SMILES string of the molecule is Cl.N[C@H](Cc1ccccc1Br)C(=O)O. The van der Waals surface area contributed by atoms with Crippen LogP contribution in [0.25, 0.3) is 0 Å². The van der Waals surface area contributed by atoms with Gasteiger partial charge in [-0.1, -0.05) is 34.1 Å². The summed E-state index contributed by atoms with van der Waals surface area (Å²) in [6.07, 6.45) is 0.344. The quantitative estimate of drug-likeness (QED) is 0.888. The van der Waals surface area contributed by atoms with Crippen LogP contribution < -0.4 is 5.73 Å². The Balaban J connectivity index is 0.00000169. The minimum Gasteiger partial charge on any atom is -0.480 e. The summed E-state index contributed by atoms with van der Waals surface area (Å²) >= 11 is 3.33. The topological polar surface area (TPSA) is 63.3 Å². The first-order valence-electron chi connectivity index (χ1n) is 3.83. The number of benzene rings is 1. The summed E-state index contributed by atoms with van der Waals surface area (Å²) in [6, 6.07) is 6.62. The van der Waals surface area contributed by atoms with Crippen LogP contribution in [0.4, 0.5) is 0 Å². The van der Waals surface area contributed by atoms with E-state index in [0.717, 1.165) is 10.0 Å². The molecule has 3 N–H and O–H groups in total. The predicted molar refractivity (Wildman–Crippen MR) is 60.7 cm³/mol. The first-order chi connectivity index (χ1) is 6.11. The fourth-order valence-electron chi connectivity index (χ4n) is 0.988. The Labute approximate surface area is 96.8 Å². The Hall–Kier alpha value is -0.580. The van der Waals surface area contributed by atoms with Gasteiger partial charge in [0.25, 0.3) is 0 Å². The number of rotatable bonds is 3. The number of nitrogens with two attached hydrogens (primary N) is 1. The van der Waals surface area contributed by atoms with Crippen molar-refractivity contribution < 1.29 is 9.90 Å². The van der Waals surface area contributed by atoms with E-state index in [2.05, 4.69) is 15.9 Å². The minimum atomic E-state index is -0.976. The number of carbonyl (C=O) groups is 1. The van der Waals surface area contributed by atoms with Crippen molar-refractivity contribution in [1.82, 2.24) is 0 Å². The van der Waals surface area contributed by atoms with E-state index in [1.54, 1.807) is 0 Å². The van der Waals surface area contributed by atoms with Crippen LogP contribution in [0.2, 0.25) is 0 Å². The lowest BCUT2D eigenvalue weighted by atomic mass is 10.1. The molecule has 0 aliphatic carbocycles. The highest BCUT2D eigenvalue weighted by Gasteiger charge is 2.12. The van der Waals surface area contributed by atoms with E-state index in [1.165, 1.54) is 0 Å². The zero-order chi connectivity index (χ0) is 9.84. The van der Waals surface area contributed by atoms with E-state index in [4.69, 9.17) is 10.8 Å². The molecule has 0 fully saturated rings. The maximum Gasteiger partial charge on any atom is 0.320 e. The third kappa shape index (κ3) is 3.65. The zero-order valence-corrected chi connectivity index (χ0v) is 9.72. The molecular formula is C9H11BrClNO2. The summed E-state index contributed by atoms with van der Waals surface area (Å²) in [4.78, 5) is 10.5. The maximum atomic E-state index is 10.5. The van der Waals surface area contributed by atoms with E-state index in [9.17, 15) is 4.79 Å². The summed E-state index contributed by atoms with van der Waals surface area (Å²) in [7, 11) is 0. The van der Waals surface area contributed by atoms with E-state index in [1.807, 2.05) is 24.3 Å². The molecule has 0 saturated heterocycles. The molecule has 0 spiro atoms. The lowest BCUT2D eigenvalue weighted by Crippen LogP contribution is -2.32. The Morgan fingerprint density at radius 3 is 2.57 bits per heavy atom. The molecule has 0 heterocycles. The van der Waals surface area contributed by atoms with Gasteiger partial charge in [0.1, 0.15) is 6.04 Å². The summed E-state index contributed by atoms with van der Waals surface area (Å²) < 4.78 is 0.895. The van der Waals surface area contributed by atoms with Crippen LogP contribution in [0.15, 0.2) is 28.7 Å². The fourth-order valence-corrected chi connectivity index (χ4v) is 1.43. The average molecular weight is 281 g/mol. The van der Waals surface area contributed by atoms with E-state index >= 15 is 0 Å². The molecule has 1 aromatic carbocycles. The van der Waals surface area contributed by atoms with Gasteiger partial charge in [0, 0.05) is 4.47 Å². The van der Waals surface area contributed by atoms with Crippen LogP contribution in [0.1, 0.15) is 5.56 Å². The molecule has 0 aromatic heterocycles. The summed E-state index contributed by atoms with van der Waals surface area (Å²) in [5.41, 5.74) is 6.31. The molecule has 78 valence electrons. The number of carboxylic acid groups (broad SMARTS) is 1. The van der Waals surface area contributed by atoms with Crippen molar-refractivity contribution in [2.45, 2.75) is 12.5 Å². The molecule has 0 aliphatic rings. The Morgan fingerprint density at radius 1 is 1.50 bits per heavy atom. The maximum absolute atomic E-state index is 10.5. The smallest absolute Gasteiger partial charge is 0.320 e. The van der Waals surface area contributed by atoms with Crippen molar-refractivity contribution in [3.8, 4) is 0 Å². The number of carboxylic acids is 1. The number of hydrogen-bond acceptors (Lipinski definition) is 2. The summed E-state index contributed by atoms with van der Waals surface area (Å²) in [6.45, 7) is 0. The van der Waals surface area contributed by atoms with E-state index < -0.39 is 12.0 Å². The standard InChI is InChI=1S/C9H10BrNO2.ClH/c10-7-4-2-1-3-6(7)5-8(11)9(12)13;/h1-4,8H,5,11H2,(H,12,13);1H/t8-;/m1./s1. The van der Waals surface area contributed by atoms with Crippen molar-refractivity contribution in [2.24, 2.45) is 5.73 Å². The Bertz CT molecular complexity index is 319. The summed E-state index contributed by atoms with van der Waals surface area (Å²) in [5, 5.41) is 8.59. The monoisotopic (exact) mass is 279 g/mol. The lowest BCUT2D eigenvalue weighted by Gasteiger charge is -2.07. The van der Waals surface area contributed by atoms with Gasteiger partial charge in [-0.15, -0.1) is 12.4 Å². The fraction of sp³-hybridized carbons (Fsp3) is 0.222. The van der Waals surface area contributed by atoms with Gasteiger partial charge in [-0.3, -0.25) is 4.79 Å². The molecule has 0 saturated carbocycles. The highest BCUT2D eigenvalue weighted by Crippen LogP contribution is 2.16. The van der Waals surface area contributed by atoms with Crippen LogP contribution in [0, 0.1) is 0 Å². The molecule has 5 heteroatoms. The molecule has 1 rings (SSSR count). The average Bonchev–Trinajstić information content (AvgIpc) is 2.08. The second-order valence-electron chi connectivity index (χ2n) is 2.74. The molecule has 0 unspecified atom stereocenters. The van der Waals surface area contributed by atoms with Crippen LogP contribution in [-0.2, 0) is 11.2 Å². The molecular weight excluding hydrogens is 269 g/mol. The molecule has 1 aromatic rings. The van der Waals surface area contributed by atoms with Crippen LogP contribution in [-0.4, -0.2) is 17.1 Å². The van der Waals surface area contributed by atoms with Crippen molar-refractivity contribution in [2.75, 3.05) is 0 Å².